The number of methoxy groups -OCH3 is 1. The monoisotopic (exact) mass is 225 g/mol. The zero-order valence-corrected chi connectivity index (χ0v) is 10.3. The molecule has 1 atom stereocenters. The molecule has 0 aliphatic carbocycles. The van der Waals surface area contributed by atoms with Crippen LogP contribution in [-0.2, 0) is 16.1 Å². The lowest BCUT2D eigenvalue weighted by Crippen LogP contribution is -2.46. The maximum atomic E-state index is 11.4. The summed E-state index contributed by atoms with van der Waals surface area (Å²) in [4.78, 5) is 15.6. The number of hydrogen-bond acceptors (Lipinski definition) is 4. The van der Waals surface area contributed by atoms with Gasteiger partial charge < -0.3 is 15.0 Å². The van der Waals surface area contributed by atoms with Crippen LogP contribution in [0.1, 0.15) is 24.7 Å². The van der Waals surface area contributed by atoms with Gasteiger partial charge in [0, 0.05) is 12.2 Å². The fraction of sp³-hybridized carbons (Fsp3) is 0.636. The molecule has 0 spiro atoms. The standard InChI is InChI=1S/C11H19N3O2/c1-8-9(2)14(7-13-8)6-5-11(3,12)10(15)16-4/h7H,5-6,12H2,1-4H3. The number of imidazole rings is 1. The van der Waals surface area contributed by atoms with E-state index in [1.165, 1.54) is 7.11 Å². The summed E-state index contributed by atoms with van der Waals surface area (Å²) < 4.78 is 6.64. The molecule has 1 unspecified atom stereocenters. The van der Waals surface area contributed by atoms with Crippen LogP contribution >= 0.6 is 0 Å². The zero-order chi connectivity index (χ0) is 12.3. The maximum Gasteiger partial charge on any atom is 0.325 e. The van der Waals surface area contributed by atoms with Crippen LogP contribution in [0.5, 0.6) is 0 Å². The van der Waals surface area contributed by atoms with Crippen molar-refractivity contribution in [1.29, 1.82) is 0 Å². The van der Waals surface area contributed by atoms with Crippen molar-refractivity contribution in [2.45, 2.75) is 39.3 Å². The number of carbonyl (C=O) groups is 1. The van der Waals surface area contributed by atoms with Gasteiger partial charge in [0.25, 0.3) is 0 Å². The second-order valence-corrected chi connectivity index (χ2v) is 4.27. The van der Waals surface area contributed by atoms with Crippen LogP contribution in [0.3, 0.4) is 0 Å². The predicted octanol–water partition coefficient (Wildman–Crippen LogP) is 0.780. The third kappa shape index (κ3) is 2.61. The Kier molecular flexibility index (Phi) is 3.70. The SMILES string of the molecule is COC(=O)C(C)(N)CCn1cnc(C)c1C. The highest BCUT2D eigenvalue weighted by atomic mass is 16.5. The van der Waals surface area contributed by atoms with Crippen LogP contribution < -0.4 is 5.73 Å². The molecular formula is C11H19N3O2. The Bertz CT molecular complexity index is 383. The van der Waals surface area contributed by atoms with Gasteiger partial charge in [-0.15, -0.1) is 0 Å². The fourth-order valence-corrected chi connectivity index (χ4v) is 1.46. The summed E-state index contributed by atoms with van der Waals surface area (Å²) in [6, 6.07) is 0. The van der Waals surface area contributed by atoms with Gasteiger partial charge in [0.05, 0.1) is 19.1 Å². The summed E-state index contributed by atoms with van der Waals surface area (Å²) in [5, 5.41) is 0. The van der Waals surface area contributed by atoms with Crippen LogP contribution in [0.15, 0.2) is 6.33 Å². The molecule has 1 aromatic heterocycles. The fourth-order valence-electron chi connectivity index (χ4n) is 1.46. The van der Waals surface area contributed by atoms with Gasteiger partial charge in [-0.3, -0.25) is 4.79 Å². The minimum absolute atomic E-state index is 0.387. The molecule has 1 aromatic rings. The van der Waals surface area contributed by atoms with Crippen molar-refractivity contribution in [2.24, 2.45) is 5.73 Å². The molecule has 16 heavy (non-hydrogen) atoms. The van der Waals surface area contributed by atoms with Crippen LogP contribution in [0.4, 0.5) is 0 Å². The van der Waals surface area contributed by atoms with Gasteiger partial charge in [-0.05, 0) is 27.2 Å². The van der Waals surface area contributed by atoms with Crippen molar-refractivity contribution in [3.8, 4) is 0 Å². The topological polar surface area (TPSA) is 70.1 Å². The third-order valence-corrected chi connectivity index (χ3v) is 2.87. The first-order chi connectivity index (χ1) is 7.38. The molecule has 0 fully saturated rings. The number of aryl methyl sites for hydroxylation is 2. The van der Waals surface area contributed by atoms with E-state index in [0.717, 1.165) is 11.4 Å². The van der Waals surface area contributed by atoms with Gasteiger partial charge in [-0.25, -0.2) is 4.98 Å². The average molecular weight is 225 g/mol. The second-order valence-electron chi connectivity index (χ2n) is 4.27. The van der Waals surface area contributed by atoms with Crippen molar-refractivity contribution in [3.05, 3.63) is 17.7 Å². The lowest BCUT2D eigenvalue weighted by atomic mass is 10.00. The van der Waals surface area contributed by atoms with Crippen LogP contribution in [0.2, 0.25) is 0 Å². The molecule has 1 rings (SSSR count). The molecule has 0 saturated carbocycles. The molecular weight excluding hydrogens is 206 g/mol. The highest BCUT2D eigenvalue weighted by molar-refractivity contribution is 5.79. The van der Waals surface area contributed by atoms with Crippen LogP contribution in [0, 0.1) is 13.8 Å². The van der Waals surface area contributed by atoms with E-state index >= 15 is 0 Å². The van der Waals surface area contributed by atoms with E-state index in [1.807, 2.05) is 18.4 Å². The van der Waals surface area contributed by atoms with Gasteiger partial charge in [0.2, 0.25) is 0 Å². The molecule has 2 N–H and O–H groups in total. The van der Waals surface area contributed by atoms with Gasteiger partial charge in [-0.1, -0.05) is 0 Å². The molecule has 0 saturated heterocycles. The van der Waals surface area contributed by atoms with E-state index in [1.54, 1.807) is 13.3 Å². The zero-order valence-electron chi connectivity index (χ0n) is 10.3. The smallest absolute Gasteiger partial charge is 0.325 e. The number of hydrogen-bond donors (Lipinski definition) is 1. The second kappa shape index (κ2) is 4.65. The number of nitrogens with two attached hydrogens (primary N) is 1. The first-order valence-corrected chi connectivity index (χ1v) is 5.24. The minimum Gasteiger partial charge on any atom is -0.468 e. The van der Waals surface area contributed by atoms with Crippen molar-refractivity contribution in [1.82, 2.24) is 9.55 Å². The third-order valence-electron chi connectivity index (χ3n) is 2.87. The lowest BCUT2D eigenvalue weighted by molar-refractivity contribution is -0.146. The van der Waals surface area contributed by atoms with Gasteiger partial charge in [0.1, 0.15) is 5.54 Å². The van der Waals surface area contributed by atoms with E-state index in [2.05, 4.69) is 9.72 Å². The molecule has 0 bridgehead atoms. The summed E-state index contributed by atoms with van der Waals surface area (Å²) >= 11 is 0. The predicted molar refractivity (Wildman–Crippen MR) is 60.9 cm³/mol. The Labute approximate surface area is 95.6 Å². The number of esters is 1. The van der Waals surface area contributed by atoms with E-state index < -0.39 is 5.54 Å². The molecule has 5 nitrogen and oxygen atoms in total. The van der Waals surface area contributed by atoms with Crippen LogP contribution in [0.25, 0.3) is 0 Å². The van der Waals surface area contributed by atoms with E-state index in [0.29, 0.717) is 13.0 Å². The molecule has 5 heteroatoms. The summed E-state index contributed by atoms with van der Waals surface area (Å²) in [5.41, 5.74) is 7.02. The summed E-state index contributed by atoms with van der Waals surface area (Å²) in [7, 11) is 1.35. The van der Waals surface area contributed by atoms with Gasteiger partial charge >= 0.3 is 5.97 Å². The summed E-state index contributed by atoms with van der Waals surface area (Å²) in [6.45, 7) is 6.29. The maximum absolute atomic E-state index is 11.4. The number of nitrogens with zero attached hydrogens (tertiary/aromatic N) is 2. The largest absolute Gasteiger partial charge is 0.468 e. The quantitative estimate of drug-likeness (QED) is 0.769. The minimum atomic E-state index is -0.945. The molecule has 0 radical (unpaired) electrons. The van der Waals surface area contributed by atoms with Gasteiger partial charge in [-0.2, -0.15) is 0 Å². The Morgan fingerprint density at radius 1 is 1.62 bits per heavy atom. The summed E-state index contributed by atoms with van der Waals surface area (Å²) in [6.07, 6.45) is 2.29. The Balaban J connectivity index is 2.64. The molecule has 0 aliphatic rings. The molecule has 0 aliphatic heterocycles. The van der Waals surface area contributed by atoms with Crippen molar-refractivity contribution < 1.29 is 9.53 Å². The number of carbonyl (C=O) groups excluding carboxylic acids is 1. The molecule has 90 valence electrons. The molecule has 0 aromatic carbocycles. The number of aromatic nitrogens is 2. The van der Waals surface area contributed by atoms with Gasteiger partial charge in [0.15, 0.2) is 0 Å². The van der Waals surface area contributed by atoms with Crippen molar-refractivity contribution in [2.75, 3.05) is 7.11 Å². The van der Waals surface area contributed by atoms with E-state index in [-0.39, 0.29) is 5.97 Å². The first kappa shape index (κ1) is 12.7. The Hall–Kier alpha value is -1.36. The lowest BCUT2D eigenvalue weighted by Gasteiger charge is -2.21. The summed E-state index contributed by atoms with van der Waals surface area (Å²) in [5.74, 6) is -0.387. The van der Waals surface area contributed by atoms with Crippen molar-refractivity contribution in [3.63, 3.8) is 0 Å². The first-order valence-electron chi connectivity index (χ1n) is 5.24. The van der Waals surface area contributed by atoms with E-state index in [4.69, 9.17) is 5.73 Å². The highest BCUT2D eigenvalue weighted by Gasteiger charge is 2.29. The van der Waals surface area contributed by atoms with Crippen molar-refractivity contribution >= 4 is 5.97 Å². The molecule has 0 amide bonds. The number of ether oxygens (including phenoxy) is 1. The molecule has 1 heterocycles. The highest BCUT2D eigenvalue weighted by Crippen LogP contribution is 2.12. The Morgan fingerprint density at radius 2 is 2.25 bits per heavy atom. The average Bonchev–Trinajstić information content (AvgIpc) is 2.56. The van der Waals surface area contributed by atoms with Crippen LogP contribution in [-0.4, -0.2) is 28.2 Å². The number of rotatable bonds is 4. The van der Waals surface area contributed by atoms with E-state index in [9.17, 15) is 4.79 Å². The Morgan fingerprint density at radius 3 is 2.69 bits per heavy atom. The normalized spacial score (nSPS) is 14.6.